The van der Waals surface area contributed by atoms with Crippen LogP contribution in [0.25, 0.3) is 0 Å². The molecule has 0 saturated carbocycles. The molecular formula is C28H28O8. The van der Waals surface area contributed by atoms with Crippen LogP contribution in [0.3, 0.4) is 0 Å². The number of Topliss-reactive ketones (excluding diaryl/α,β-unsaturated/α-hetero) is 1. The number of carbonyl (C=O) groups excluding carboxylic acids is 1. The molecule has 3 aromatic rings. The van der Waals surface area contributed by atoms with Crippen LogP contribution in [0, 0.1) is 11.8 Å². The maximum Gasteiger partial charge on any atom is 0.163 e. The molecule has 5 rings (SSSR count). The van der Waals surface area contributed by atoms with Crippen LogP contribution in [0.2, 0.25) is 0 Å². The van der Waals surface area contributed by atoms with Gasteiger partial charge in [0.15, 0.2) is 28.8 Å². The van der Waals surface area contributed by atoms with E-state index in [1.54, 1.807) is 36.4 Å². The zero-order chi connectivity index (χ0) is 25.7. The third-order valence-electron chi connectivity index (χ3n) is 7.47. The number of aliphatic hydroxyl groups is 1. The number of fused-ring (bicyclic) bond motifs is 4. The first kappa shape index (κ1) is 23.8. The van der Waals surface area contributed by atoms with Gasteiger partial charge in [0.2, 0.25) is 0 Å². The average molecular weight is 493 g/mol. The van der Waals surface area contributed by atoms with Gasteiger partial charge in [0.05, 0.1) is 19.8 Å². The predicted octanol–water partition coefficient (Wildman–Crippen LogP) is 4.07. The Morgan fingerprint density at radius 3 is 2.31 bits per heavy atom. The van der Waals surface area contributed by atoms with Gasteiger partial charge < -0.3 is 34.6 Å². The van der Waals surface area contributed by atoms with Crippen molar-refractivity contribution in [3.8, 4) is 34.5 Å². The number of hydrogen-bond donors (Lipinski definition) is 4. The number of rotatable bonds is 5. The van der Waals surface area contributed by atoms with E-state index < -0.39 is 6.10 Å². The maximum absolute atomic E-state index is 12.3. The van der Waals surface area contributed by atoms with Crippen LogP contribution in [0.5, 0.6) is 34.5 Å². The molecule has 0 spiro atoms. The van der Waals surface area contributed by atoms with Gasteiger partial charge in [0.25, 0.3) is 0 Å². The maximum atomic E-state index is 12.3. The Bertz CT molecular complexity index is 1350. The molecule has 1 aliphatic carbocycles. The van der Waals surface area contributed by atoms with Crippen molar-refractivity contribution in [2.45, 2.75) is 25.4 Å². The van der Waals surface area contributed by atoms with E-state index in [0.717, 1.165) is 11.1 Å². The Labute approximate surface area is 208 Å². The minimum atomic E-state index is -0.586. The third kappa shape index (κ3) is 3.60. The number of aliphatic hydroxyl groups excluding tert-OH is 1. The highest BCUT2D eigenvalue weighted by molar-refractivity contribution is 5.97. The second-order valence-electron chi connectivity index (χ2n) is 9.31. The number of aromatic hydroxyl groups is 3. The standard InChI is InChI=1S/C28H28O8/c1-13(30)15-5-7-21(31)19-9-17-20(12-29)26(14-4-6-22(32)24(8-14)34-2)16-11-25(35-3)23(33)10-18(16)28(17)36-27(15)19/h4-8,10-11,17,20,26,28-29,31-33H,9,12H2,1-3H3. The summed E-state index contributed by atoms with van der Waals surface area (Å²) in [6.07, 6.45) is -0.229. The lowest BCUT2D eigenvalue weighted by molar-refractivity contribution is 0.0279. The topological polar surface area (TPSA) is 126 Å². The van der Waals surface area contributed by atoms with Crippen LogP contribution in [0.1, 0.15) is 51.6 Å². The van der Waals surface area contributed by atoms with Crippen molar-refractivity contribution in [3.05, 3.63) is 70.3 Å². The van der Waals surface area contributed by atoms with Crippen LogP contribution in [-0.2, 0) is 6.42 Å². The Morgan fingerprint density at radius 1 is 0.944 bits per heavy atom. The number of ether oxygens (including phenoxy) is 3. The summed E-state index contributed by atoms with van der Waals surface area (Å²) in [6, 6.07) is 11.4. The van der Waals surface area contributed by atoms with E-state index in [0.29, 0.717) is 34.6 Å². The van der Waals surface area contributed by atoms with Crippen LogP contribution in [0.4, 0.5) is 0 Å². The van der Waals surface area contributed by atoms with Gasteiger partial charge in [-0.2, -0.15) is 0 Å². The lowest BCUT2D eigenvalue weighted by Crippen LogP contribution is -2.41. The fourth-order valence-corrected chi connectivity index (χ4v) is 5.77. The first-order chi connectivity index (χ1) is 17.3. The van der Waals surface area contributed by atoms with Crippen LogP contribution in [-0.4, -0.2) is 47.0 Å². The second kappa shape index (κ2) is 8.95. The normalized spacial score (nSPS) is 22.0. The van der Waals surface area contributed by atoms with Gasteiger partial charge in [-0.25, -0.2) is 0 Å². The molecule has 4 unspecified atom stereocenters. The molecule has 1 aliphatic heterocycles. The van der Waals surface area contributed by atoms with E-state index in [2.05, 4.69) is 0 Å². The highest BCUT2D eigenvalue weighted by Gasteiger charge is 2.48. The third-order valence-corrected chi connectivity index (χ3v) is 7.47. The number of carbonyl (C=O) groups is 1. The molecule has 8 heteroatoms. The smallest absolute Gasteiger partial charge is 0.163 e. The summed E-state index contributed by atoms with van der Waals surface area (Å²) in [5.41, 5.74) is 3.16. The molecule has 1 heterocycles. The van der Waals surface area contributed by atoms with Gasteiger partial charge >= 0.3 is 0 Å². The summed E-state index contributed by atoms with van der Waals surface area (Å²) in [5.74, 6) is -0.342. The fourth-order valence-electron chi connectivity index (χ4n) is 5.77. The molecule has 2 aliphatic rings. The van der Waals surface area contributed by atoms with E-state index in [9.17, 15) is 25.2 Å². The highest BCUT2D eigenvalue weighted by Crippen LogP contribution is 2.57. The summed E-state index contributed by atoms with van der Waals surface area (Å²) in [4.78, 5) is 12.3. The zero-order valence-corrected chi connectivity index (χ0v) is 20.2. The number of benzene rings is 3. The molecule has 0 bridgehead atoms. The van der Waals surface area contributed by atoms with Gasteiger partial charge in [-0.1, -0.05) is 6.07 Å². The van der Waals surface area contributed by atoms with Crippen molar-refractivity contribution in [2.24, 2.45) is 11.8 Å². The summed E-state index contributed by atoms with van der Waals surface area (Å²) < 4.78 is 17.2. The van der Waals surface area contributed by atoms with Crippen molar-refractivity contribution in [2.75, 3.05) is 20.8 Å². The molecule has 0 amide bonds. The first-order valence-corrected chi connectivity index (χ1v) is 11.7. The van der Waals surface area contributed by atoms with E-state index in [4.69, 9.17) is 14.2 Å². The van der Waals surface area contributed by atoms with Gasteiger partial charge in [0.1, 0.15) is 17.6 Å². The molecule has 0 radical (unpaired) electrons. The summed E-state index contributed by atoms with van der Waals surface area (Å²) in [7, 11) is 2.93. The average Bonchev–Trinajstić information content (AvgIpc) is 2.87. The molecule has 0 fully saturated rings. The fraction of sp³-hybridized carbons (Fsp3) is 0.321. The Hall–Kier alpha value is -3.91. The van der Waals surface area contributed by atoms with Crippen LogP contribution < -0.4 is 14.2 Å². The summed E-state index contributed by atoms with van der Waals surface area (Å²) in [6.45, 7) is 1.25. The van der Waals surface area contributed by atoms with Gasteiger partial charge in [-0.05, 0) is 66.8 Å². The molecule has 8 nitrogen and oxygen atoms in total. The van der Waals surface area contributed by atoms with Gasteiger partial charge in [-0.3, -0.25) is 4.79 Å². The van der Waals surface area contributed by atoms with Crippen molar-refractivity contribution >= 4 is 5.78 Å². The quantitative estimate of drug-likeness (QED) is 0.393. The van der Waals surface area contributed by atoms with E-state index in [1.165, 1.54) is 27.2 Å². The van der Waals surface area contributed by atoms with E-state index in [-0.39, 0.29) is 53.1 Å². The lowest BCUT2D eigenvalue weighted by Gasteiger charge is -2.47. The van der Waals surface area contributed by atoms with Crippen molar-refractivity contribution in [3.63, 3.8) is 0 Å². The minimum absolute atomic E-state index is 0.00407. The number of phenolic OH excluding ortho intramolecular Hbond substituents is 3. The van der Waals surface area contributed by atoms with Crippen molar-refractivity contribution < 1.29 is 39.4 Å². The number of ketones is 1. The van der Waals surface area contributed by atoms with Crippen molar-refractivity contribution in [1.29, 1.82) is 0 Å². The number of methoxy groups -OCH3 is 2. The Kier molecular flexibility index (Phi) is 5.92. The molecule has 4 atom stereocenters. The van der Waals surface area contributed by atoms with Gasteiger partial charge in [-0.15, -0.1) is 0 Å². The van der Waals surface area contributed by atoms with E-state index in [1.807, 2.05) is 0 Å². The highest BCUT2D eigenvalue weighted by atomic mass is 16.5. The summed E-state index contributed by atoms with van der Waals surface area (Å²) in [5, 5.41) is 42.1. The number of hydrogen-bond acceptors (Lipinski definition) is 8. The molecule has 4 N–H and O–H groups in total. The number of phenols is 3. The van der Waals surface area contributed by atoms with Crippen molar-refractivity contribution in [1.82, 2.24) is 0 Å². The molecular weight excluding hydrogens is 464 g/mol. The predicted molar refractivity (Wildman–Crippen MR) is 130 cm³/mol. The van der Waals surface area contributed by atoms with E-state index >= 15 is 0 Å². The summed E-state index contributed by atoms with van der Waals surface area (Å²) >= 11 is 0. The molecule has 3 aromatic carbocycles. The molecule has 36 heavy (non-hydrogen) atoms. The first-order valence-electron chi connectivity index (χ1n) is 11.7. The Balaban J connectivity index is 1.75. The Morgan fingerprint density at radius 2 is 1.64 bits per heavy atom. The zero-order valence-electron chi connectivity index (χ0n) is 20.2. The minimum Gasteiger partial charge on any atom is -0.508 e. The molecule has 0 aromatic heterocycles. The largest absolute Gasteiger partial charge is 0.508 e. The molecule has 188 valence electrons. The van der Waals surface area contributed by atoms with Gasteiger partial charge in [0, 0.05) is 29.6 Å². The van der Waals surface area contributed by atoms with Crippen LogP contribution >= 0.6 is 0 Å². The second-order valence-corrected chi connectivity index (χ2v) is 9.31. The SMILES string of the molecule is COc1cc(C2c3cc(OC)c(O)cc3C3Oc4c(C(C)=O)ccc(O)c4CC3C2CO)ccc1O. The monoisotopic (exact) mass is 492 g/mol. The lowest BCUT2D eigenvalue weighted by atomic mass is 9.63. The van der Waals surface area contributed by atoms with Crippen LogP contribution in [0.15, 0.2) is 42.5 Å². The molecule has 0 saturated heterocycles.